The zero-order chi connectivity index (χ0) is 12.1. The molecule has 0 radical (unpaired) electrons. The number of carbonyl (C=O) groups is 1. The highest BCUT2D eigenvalue weighted by Crippen LogP contribution is 2.09. The number of benzene rings is 1. The van der Waals surface area contributed by atoms with Crippen molar-refractivity contribution in [2.75, 3.05) is 13.2 Å². The van der Waals surface area contributed by atoms with E-state index in [0.29, 0.717) is 0 Å². The maximum Gasteiger partial charge on any atom is 0.254 e. The van der Waals surface area contributed by atoms with Crippen LogP contribution in [0.4, 0.5) is 8.78 Å². The largest absolute Gasteiger partial charge is 0.394 e. The molecule has 0 aliphatic rings. The molecule has 16 heavy (non-hydrogen) atoms. The summed E-state index contributed by atoms with van der Waals surface area (Å²) >= 11 is 0. The third-order valence-electron chi connectivity index (χ3n) is 1.88. The molecule has 0 fully saturated rings. The highest BCUT2D eigenvalue weighted by Gasteiger charge is 2.13. The molecule has 3 N–H and O–H groups in total. The maximum atomic E-state index is 13.1. The fourth-order valence-electron chi connectivity index (χ4n) is 1.04. The third-order valence-corrected chi connectivity index (χ3v) is 1.88. The normalized spacial score (nSPS) is 12.2. The van der Waals surface area contributed by atoms with Crippen LogP contribution >= 0.6 is 0 Å². The summed E-state index contributed by atoms with van der Waals surface area (Å²) in [6.07, 6.45) is -1.12. The van der Waals surface area contributed by atoms with Crippen molar-refractivity contribution >= 4 is 5.91 Å². The lowest BCUT2D eigenvalue weighted by molar-refractivity contribution is 0.0799. The Kier molecular flexibility index (Phi) is 4.33. The Bertz CT molecular complexity index is 384. The average Bonchev–Trinajstić information content (AvgIpc) is 2.28. The predicted octanol–water partition coefficient (Wildman–Crippen LogP) is 0.0478. The van der Waals surface area contributed by atoms with Crippen molar-refractivity contribution in [3.63, 3.8) is 0 Å². The van der Waals surface area contributed by atoms with Crippen molar-refractivity contribution in [1.29, 1.82) is 0 Å². The Labute approximate surface area is 90.5 Å². The number of hydrogen-bond acceptors (Lipinski definition) is 3. The van der Waals surface area contributed by atoms with E-state index in [2.05, 4.69) is 5.32 Å². The SMILES string of the molecule is O=C(NCC(O)CO)c1cc(F)ccc1F. The summed E-state index contributed by atoms with van der Waals surface area (Å²) in [4.78, 5) is 11.3. The van der Waals surface area contributed by atoms with Gasteiger partial charge in [-0.2, -0.15) is 0 Å². The topological polar surface area (TPSA) is 69.6 Å². The number of aliphatic hydroxyl groups excluding tert-OH is 2. The fraction of sp³-hybridized carbons (Fsp3) is 0.300. The predicted molar refractivity (Wildman–Crippen MR) is 51.8 cm³/mol. The first kappa shape index (κ1) is 12.5. The highest BCUT2D eigenvalue weighted by atomic mass is 19.1. The zero-order valence-corrected chi connectivity index (χ0v) is 8.28. The number of aliphatic hydroxyl groups is 2. The number of nitrogens with one attached hydrogen (secondary N) is 1. The molecule has 88 valence electrons. The highest BCUT2D eigenvalue weighted by molar-refractivity contribution is 5.94. The van der Waals surface area contributed by atoms with Gasteiger partial charge in [-0.3, -0.25) is 4.79 Å². The summed E-state index contributed by atoms with van der Waals surface area (Å²) in [6, 6.07) is 2.50. The Morgan fingerprint density at radius 2 is 2.12 bits per heavy atom. The minimum atomic E-state index is -1.12. The molecule has 1 aromatic carbocycles. The molecule has 1 rings (SSSR count). The van der Waals surface area contributed by atoms with Gasteiger partial charge >= 0.3 is 0 Å². The Balaban J connectivity index is 2.69. The monoisotopic (exact) mass is 231 g/mol. The number of hydrogen-bond donors (Lipinski definition) is 3. The maximum absolute atomic E-state index is 13.1. The minimum Gasteiger partial charge on any atom is -0.394 e. The van der Waals surface area contributed by atoms with Crippen LogP contribution in [0.2, 0.25) is 0 Å². The van der Waals surface area contributed by atoms with Gasteiger partial charge in [0, 0.05) is 6.54 Å². The van der Waals surface area contributed by atoms with Crippen LogP contribution in [-0.4, -0.2) is 35.4 Å². The van der Waals surface area contributed by atoms with Gasteiger partial charge in [-0.25, -0.2) is 8.78 Å². The van der Waals surface area contributed by atoms with E-state index in [-0.39, 0.29) is 6.54 Å². The number of halogens is 2. The molecule has 0 aliphatic carbocycles. The molecule has 0 heterocycles. The lowest BCUT2D eigenvalue weighted by Crippen LogP contribution is -2.34. The molecule has 0 saturated carbocycles. The van der Waals surface area contributed by atoms with Gasteiger partial charge in [-0.15, -0.1) is 0 Å². The fourth-order valence-corrected chi connectivity index (χ4v) is 1.04. The van der Waals surface area contributed by atoms with Crippen molar-refractivity contribution in [2.24, 2.45) is 0 Å². The molecular formula is C10H11F2NO3. The van der Waals surface area contributed by atoms with Gasteiger partial charge in [0.1, 0.15) is 11.6 Å². The first-order valence-corrected chi connectivity index (χ1v) is 4.56. The lowest BCUT2D eigenvalue weighted by Gasteiger charge is -2.09. The van der Waals surface area contributed by atoms with Gasteiger partial charge in [0.05, 0.1) is 18.3 Å². The molecule has 0 bridgehead atoms. The van der Waals surface area contributed by atoms with Gasteiger partial charge in [-0.05, 0) is 18.2 Å². The van der Waals surface area contributed by atoms with Crippen molar-refractivity contribution in [3.8, 4) is 0 Å². The quantitative estimate of drug-likeness (QED) is 0.685. The van der Waals surface area contributed by atoms with E-state index in [1.165, 1.54) is 0 Å². The van der Waals surface area contributed by atoms with E-state index in [1.807, 2.05) is 0 Å². The molecule has 0 aliphatic heterocycles. The third kappa shape index (κ3) is 3.25. The van der Waals surface area contributed by atoms with Crippen molar-refractivity contribution in [1.82, 2.24) is 5.32 Å². The minimum absolute atomic E-state index is 0.231. The summed E-state index contributed by atoms with van der Waals surface area (Å²) < 4.78 is 25.8. The molecular weight excluding hydrogens is 220 g/mol. The molecule has 0 spiro atoms. The Morgan fingerprint density at radius 1 is 1.44 bits per heavy atom. The van der Waals surface area contributed by atoms with Crippen LogP contribution < -0.4 is 5.32 Å². The van der Waals surface area contributed by atoms with Crippen LogP contribution in [0.1, 0.15) is 10.4 Å². The van der Waals surface area contributed by atoms with E-state index in [4.69, 9.17) is 10.2 Å². The molecule has 0 saturated heterocycles. The zero-order valence-electron chi connectivity index (χ0n) is 8.28. The average molecular weight is 231 g/mol. The first-order valence-electron chi connectivity index (χ1n) is 4.56. The van der Waals surface area contributed by atoms with Gasteiger partial charge in [0.2, 0.25) is 0 Å². The van der Waals surface area contributed by atoms with E-state index < -0.39 is 35.8 Å². The van der Waals surface area contributed by atoms with Crippen molar-refractivity contribution < 1.29 is 23.8 Å². The number of rotatable bonds is 4. The lowest BCUT2D eigenvalue weighted by atomic mass is 10.2. The smallest absolute Gasteiger partial charge is 0.254 e. The van der Waals surface area contributed by atoms with E-state index >= 15 is 0 Å². The van der Waals surface area contributed by atoms with E-state index in [0.717, 1.165) is 18.2 Å². The molecule has 1 amide bonds. The van der Waals surface area contributed by atoms with Gasteiger partial charge in [-0.1, -0.05) is 0 Å². The molecule has 1 aromatic rings. The Hall–Kier alpha value is -1.53. The van der Waals surface area contributed by atoms with Gasteiger partial charge in [0.15, 0.2) is 0 Å². The van der Waals surface area contributed by atoms with Crippen LogP contribution in [-0.2, 0) is 0 Å². The van der Waals surface area contributed by atoms with Gasteiger partial charge < -0.3 is 15.5 Å². The summed E-state index contributed by atoms with van der Waals surface area (Å²) in [5, 5.41) is 19.6. The van der Waals surface area contributed by atoms with E-state index in [9.17, 15) is 13.6 Å². The first-order chi connectivity index (χ1) is 7.54. The van der Waals surface area contributed by atoms with Crippen LogP contribution in [0.25, 0.3) is 0 Å². The summed E-state index contributed by atoms with van der Waals surface area (Å²) in [5.41, 5.74) is -0.440. The Morgan fingerprint density at radius 3 is 2.75 bits per heavy atom. The second-order valence-corrected chi connectivity index (χ2v) is 3.17. The van der Waals surface area contributed by atoms with Crippen LogP contribution in [0.5, 0.6) is 0 Å². The summed E-state index contributed by atoms with van der Waals surface area (Å²) in [7, 11) is 0. The molecule has 0 aromatic heterocycles. The van der Waals surface area contributed by atoms with Gasteiger partial charge in [0.25, 0.3) is 5.91 Å². The second-order valence-electron chi connectivity index (χ2n) is 3.17. The molecule has 4 nitrogen and oxygen atoms in total. The number of carbonyl (C=O) groups excluding carboxylic acids is 1. The van der Waals surface area contributed by atoms with Crippen molar-refractivity contribution in [3.05, 3.63) is 35.4 Å². The van der Waals surface area contributed by atoms with Crippen molar-refractivity contribution in [2.45, 2.75) is 6.10 Å². The molecule has 1 atom stereocenters. The summed E-state index contributed by atoms with van der Waals surface area (Å²) in [6.45, 7) is -0.753. The van der Waals surface area contributed by atoms with Crippen LogP contribution in [0.15, 0.2) is 18.2 Å². The standard InChI is InChI=1S/C10H11F2NO3/c11-6-1-2-9(12)8(3-6)10(16)13-4-7(15)5-14/h1-3,7,14-15H,4-5H2,(H,13,16). The molecule has 6 heteroatoms. The van der Waals surface area contributed by atoms with Crippen LogP contribution in [0, 0.1) is 11.6 Å². The molecule has 1 unspecified atom stereocenters. The summed E-state index contributed by atoms with van der Waals surface area (Å²) in [5.74, 6) is -2.42. The van der Waals surface area contributed by atoms with Crippen LogP contribution in [0.3, 0.4) is 0 Å². The second kappa shape index (κ2) is 5.53. The number of amides is 1. The van der Waals surface area contributed by atoms with E-state index in [1.54, 1.807) is 0 Å².